The largest absolute Gasteiger partial charge is 0.448 e. The number of anilines is 1. The topological polar surface area (TPSA) is 59.6 Å². The van der Waals surface area contributed by atoms with Crippen molar-refractivity contribution < 1.29 is 14.3 Å². The third-order valence-corrected chi connectivity index (χ3v) is 4.88. The van der Waals surface area contributed by atoms with Crippen molar-refractivity contribution in [1.82, 2.24) is 5.32 Å². The number of nitrogens with one attached hydrogen (secondary N) is 2. The maximum absolute atomic E-state index is 12.3. The molecule has 0 unspecified atom stereocenters. The second-order valence-electron chi connectivity index (χ2n) is 6.50. The number of amides is 1. The first-order chi connectivity index (χ1) is 10.7. The molecular weight excluding hydrogens is 280 g/mol. The van der Waals surface area contributed by atoms with Gasteiger partial charge in [0.1, 0.15) is 0 Å². The van der Waals surface area contributed by atoms with E-state index in [9.17, 15) is 4.79 Å². The molecule has 2 heterocycles. The first-order valence-electron chi connectivity index (χ1n) is 8.28. The molecule has 1 amide bonds. The maximum atomic E-state index is 12.3. The predicted molar refractivity (Wildman–Crippen MR) is 83.1 cm³/mol. The average molecular weight is 302 g/mol. The monoisotopic (exact) mass is 302 g/mol. The van der Waals surface area contributed by atoms with E-state index in [1.165, 1.54) is 0 Å². The molecule has 0 atom stereocenters. The zero-order valence-electron chi connectivity index (χ0n) is 12.7. The van der Waals surface area contributed by atoms with Gasteiger partial charge in [0.25, 0.3) is 5.79 Å². The zero-order valence-corrected chi connectivity index (χ0v) is 12.7. The zero-order chi connectivity index (χ0) is 15.0. The summed E-state index contributed by atoms with van der Waals surface area (Å²) in [4.78, 5) is 12.3. The maximum Gasteiger partial charge on any atom is 0.251 e. The van der Waals surface area contributed by atoms with E-state index in [-0.39, 0.29) is 11.8 Å². The average Bonchev–Trinajstić information content (AvgIpc) is 3.14. The number of rotatable bonds is 2. The van der Waals surface area contributed by atoms with Crippen molar-refractivity contribution in [2.45, 2.75) is 44.3 Å². The van der Waals surface area contributed by atoms with Gasteiger partial charge in [0.15, 0.2) is 11.5 Å². The van der Waals surface area contributed by atoms with E-state index in [4.69, 9.17) is 9.47 Å². The van der Waals surface area contributed by atoms with Crippen molar-refractivity contribution >= 4 is 11.6 Å². The minimum Gasteiger partial charge on any atom is -0.448 e. The van der Waals surface area contributed by atoms with E-state index in [0.29, 0.717) is 0 Å². The van der Waals surface area contributed by atoms with Crippen LogP contribution < -0.4 is 20.1 Å². The summed E-state index contributed by atoms with van der Waals surface area (Å²) in [7, 11) is 0. The molecule has 0 bridgehead atoms. The van der Waals surface area contributed by atoms with Gasteiger partial charge in [-0.2, -0.15) is 0 Å². The Hall–Kier alpha value is -1.75. The Morgan fingerprint density at radius 1 is 1.14 bits per heavy atom. The van der Waals surface area contributed by atoms with Gasteiger partial charge in [0.2, 0.25) is 5.91 Å². The van der Waals surface area contributed by atoms with Gasteiger partial charge in [-0.3, -0.25) is 4.79 Å². The van der Waals surface area contributed by atoms with Crippen LogP contribution in [0.25, 0.3) is 0 Å². The van der Waals surface area contributed by atoms with Gasteiger partial charge in [0, 0.05) is 30.5 Å². The summed E-state index contributed by atoms with van der Waals surface area (Å²) < 4.78 is 12.0. The lowest BCUT2D eigenvalue weighted by Gasteiger charge is -2.22. The van der Waals surface area contributed by atoms with Gasteiger partial charge < -0.3 is 20.1 Å². The molecule has 4 rings (SSSR count). The highest BCUT2D eigenvalue weighted by Crippen LogP contribution is 2.47. The van der Waals surface area contributed by atoms with E-state index in [1.807, 2.05) is 18.2 Å². The van der Waals surface area contributed by atoms with Crippen molar-refractivity contribution in [2.24, 2.45) is 5.92 Å². The predicted octanol–water partition coefficient (Wildman–Crippen LogP) is 2.67. The number of benzene rings is 1. The van der Waals surface area contributed by atoms with Crippen LogP contribution in [-0.2, 0) is 4.79 Å². The molecule has 1 saturated heterocycles. The van der Waals surface area contributed by atoms with Crippen LogP contribution in [0.3, 0.4) is 0 Å². The van der Waals surface area contributed by atoms with Crippen LogP contribution >= 0.6 is 0 Å². The first-order valence-corrected chi connectivity index (χ1v) is 8.28. The molecule has 2 fully saturated rings. The lowest BCUT2D eigenvalue weighted by molar-refractivity contribution is -0.120. The molecule has 1 aliphatic carbocycles. The van der Waals surface area contributed by atoms with Crippen LogP contribution in [0.2, 0.25) is 0 Å². The molecule has 2 N–H and O–H groups in total. The Kier molecular flexibility index (Phi) is 3.45. The number of piperidine rings is 1. The lowest BCUT2D eigenvalue weighted by atomic mass is 9.97. The van der Waals surface area contributed by atoms with Crippen LogP contribution in [0.5, 0.6) is 11.5 Å². The highest BCUT2D eigenvalue weighted by molar-refractivity contribution is 5.93. The van der Waals surface area contributed by atoms with Crippen LogP contribution in [0.4, 0.5) is 5.69 Å². The molecule has 118 valence electrons. The van der Waals surface area contributed by atoms with Gasteiger partial charge in [0.05, 0.1) is 0 Å². The normalized spacial score (nSPS) is 22.9. The molecule has 22 heavy (non-hydrogen) atoms. The summed E-state index contributed by atoms with van der Waals surface area (Å²) in [6.07, 6.45) is 5.98. The van der Waals surface area contributed by atoms with E-state index < -0.39 is 5.79 Å². The molecule has 1 spiro atoms. The minimum atomic E-state index is -0.444. The van der Waals surface area contributed by atoms with Crippen LogP contribution in [0.1, 0.15) is 38.5 Å². The summed E-state index contributed by atoms with van der Waals surface area (Å²) in [5.74, 6) is 1.32. The Bertz CT molecular complexity index is 575. The first kappa shape index (κ1) is 13.9. The molecule has 1 saturated carbocycles. The van der Waals surface area contributed by atoms with Crippen molar-refractivity contribution in [3.8, 4) is 11.5 Å². The third kappa shape index (κ3) is 2.54. The van der Waals surface area contributed by atoms with Crippen LogP contribution in [0, 0.1) is 5.92 Å². The van der Waals surface area contributed by atoms with E-state index in [2.05, 4.69) is 10.6 Å². The molecular formula is C17H22N2O3. The molecule has 5 heteroatoms. The Labute approximate surface area is 130 Å². The van der Waals surface area contributed by atoms with Crippen LogP contribution in [-0.4, -0.2) is 24.8 Å². The summed E-state index contributed by atoms with van der Waals surface area (Å²) in [5.41, 5.74) is 0.793. The smallest absolute Gasteiger partial charge is 0.251 e. The molecule has 5 nitrogen and oxygen atoms in total. The second kappa shape index (κ2) is 5.47. The Morgan fingerprint density at radius 2 is 1.86 bits per heavy atom. The van der Waals surface area contributed by atoms with Gasteiger partial charge in [-0.15, -0.1) is 0 Å². The molecule has 0 radical (unpaired) electrons. The van der Waals surface area contributed by atoms with E-state index in [0.717, 1.165) is 68.8 Å². The van der Waals surface area contributed by atoms with Gasteiger partial charge in [-0.05, 0) is 50.9 Å². The summed E-state index contributed by atoms with van der Waals surface area (Å²) in [6.45, 7) is 1.84. The quantitative estimate of drug-likeness (QED) is 0.882. The van der Waals surface area contributed by atoms with E-state index in [1.54, 1.807) is 0 Å². The van der Waals surface area contributed by atoms with Crippen molar-refractivity contribution in [2.75, 3.05) is 18.4 Å². The summed E-state index contributed by atoms with van der Waals surface area (Å²) in [6, 6.07) is 5.69. The number of ether oxygens (including phenoxy) is 2. The standard InChI is InChI=1S/C17H22N2O3/c20-16(12-5-9-18-10-6-12)19-13-3-4-14-15(11-13)22-17(21-14)7-1-2-8-17/h3-4,11-12,18H,1-2,5-10H2,(H,19,20). The molecule has 1 aromatic carbocycles. The van der Waals surface area contributed by atoms with Crippen molar-refractivity contribution in [3.05, 3.63) is 18.2 Å². The molecule has 1 aromatic rings. The number of hydrogen-bond donors (Lipinski definition) is 2. The number of fused-ring (bicyclic) bond motifs is 1. The molecule has 2 aliphatic heterocycles. The van der Waals surface area contributed by atoms with Gasteiger partial charge in [-0.1, -0.05) is 0 Å². The summed E-state index contributed by atoms with van der Waals surface area (Å²) >= 11 is 0. The molecule has 0 aromatic heterocycles. The summed E-state index contributed by atoms with van der Waals surface area (Å²) in [5, 5.41) is 6.30. The van der Waals surface area contributed by atoms with Crippen molar-refractivity contribution in [3.63, 3.8) is 0 Å². The Balaban J connectivity index is 1.45. The second-order valence-corrected chi connectivity index (χ2v) is 6.50. The fraction of sp³-hybridized carbons (Fsp3) is 0.588. The number of carbonyl (C=O) groups is 1. The highest BCUT2D eigenvalue weighted by atomic mass is 16.7. The van der Waals surface area contributed by atoms with Gasteiger partial charge >= 0.3 is 0 Å². The van der Waals surface area contributed by atoms with Crippen molar-refractivity contribution in [1.29, 1.82) is 0 Å². The fourth-order valence-electron chi connectivity index (χ4n) is 3.62. The number of hydrogen-bond acceptors (Lipinski definition) is 4. The van der Waals surface area contributed by atoms with Crippen LogP contribution in [0.15, 0.2) is 18.2 Å². The molecule has 3 aliphatic rings. The minimum absolute atomic E-state index is 0.104. The van der Waals surface area contributed by atoms with Gasteiger partial charge in [-0.25, -0.2) is 0 Å². The number of carbonyl (C=O) groups excluding carboxylic acids is 1. The SMILES string of the molecule is O=C(Nc1ccc2c(c1)OC1(CCCC1)O2)C1CCNCC1. The highest BCUT2D eigenvalue weighted by Gasteiger charge is 2.44. The third-order valence-electron chi connectivity index (χ3n) is 4.88. The fourth-order valence-corrected chi connectivity index (χ4v) is 3.62. The Morgan fingerprint density at radius 3 is 2.64 bits per heavy atom. The van der Waals surface area contributed by atoms with E-state index >= 15 is 0 Å². The lowest BCUT2D eigenvalue weighted by Crippen LogP contribution is -2.34.